The SMILES string of the molecule is COc1ccc(OCCNC(=O)C2CC2C(=O)NCCN(C)C)cc1. The van der Waals surface area contributed by atoms with Gasteiger partial charge in [0.25, 0.3) is 0 Å². The van der Waals surface area contributed by atoms with E-state index < -0.39 is 0 Å². The molecule has 1 aliphatic carbocycles. The van der Waals surface area contributed by atoms with Gasteiger partial charge < -0.3 is 25.0 Å². The molecule has 2 N–H and O–H groups in total. The number of rotatable bonds is 10. The zero-order chi connectivity index (χ0) is 18.2. The number of likely N-dealkylation sites (N-methyl/N-ethyl adjacent to an activating group) is 1. The minimum atomic E-state index is -0.208. The van der Waals surface area contributed by atoms with E-state index in [2.05, 4.69) is 10.6 Å². The molecule has 0 heterocycles. The van der Waals surface area contributed by atoms with E-state index >= 15 is 0 Å². The highest BCUT2D eigenvalue weighted by molar-refractivity contribution is 5.92. The second-order valence-corrected chi connectivity index (χ2v) is 6.36. The largest absolute Gasteiger partial charge is 0.497 e. The number of benzene rings is 1. The second kappa shape index (κ2) is 9.27. The fourth-order valence-electron chi connectivity index (χ4n) is 2.45. The topological polar surface area (TPSA) is 79.9 Å². The van der Waals surface area contributed by atoms with Crippen molar-refractivity contribution in [1.82, 2.24) is 15.5 Å². The van der Waals surface area contributed by atoms with Gasteiger partial charge in [0, 0.05) is 13.1 Å². The number of nitrogens with one attached hydrogen (secondary N) is 2. The van der Waals surface area contributed by atoms with E-state index in [1.807, 2.05) is 43.3 Å². The summed E-state index contributed by atoms with van der Waals surface area (Å²) < 4.78 is 10.6. The third-order valence-electron chi connectivity index (χ3n) is 4.05. The van der Waals surface area contributed by atoms with Crippen LogP contribution in [-0.2, 0) is 9.59 Å². The quantitative estimate of drug-likeness (QED) is 0.602. The van der Waals surface area contributed by atoms with Gasteiger partial charge in [-0.1, -0.05) is 0 Å². The third kappa shape index (κ3) is 6.26. The molecule has 25 heavy (non-hydrogen) atoms. The summed E-state index contributed by atoms with van der Waals surface area (Å²) in [6.45, 7) is 2.19. The van der Waals surface area contributed by atoms with Crippen LogP contribution in [0.2, 0.25) is 0 Å². The molecule has 0 aliphatic heterocycles. The van der Waals surface area contributed by atoms with Crippen LogP contribution in [0.15, 0.2) is 24.3 Å². The first-order valence-electron chi connectivity index (χ1n) is 8.48. The highest BCUT2D eigenvalue weighted by Gasteiger charge is 2.47. The van der Waals surface area contributed by atoms with Crippen molar-refractivity contribution in [3.05, 3.63) is 24.3 Å². The van der Waals surface area contributed by atoms with Gasteiger partial charge in [0.2, 0.25) is 11.8 Å². The average Bonchev–Trinajstić information content (AvgIpc) is 3.39. The lowest BCUT2D eigenvalue weighted by atomic mass is 10.3. The van der Waals surface area contributed by atoms with Gasteiger partial charge in [0.05, 0.1) is 25.5 Å². The predicted molar refractivity (Wildman–Crippen MR) is 94.7 cm³/mol. The molecule has 0 saturated heterocycles. The standard InChI is InChI=1S/C18H27N3O4/c1-21(2)10-8-19-17(22)15-12-16(15)18(23)20-9-11-25-14-6-4-13(24-3)5-7-14/h4-7,15-16H,8-12H2,1-3H3,(H,19,22)(H,20,23). The lowest BCUT2D eigenvalue weighted by molar-refractivity contribution is -0.127. The van der Waals surface area contributed by atoms with Crippen LogP contribution in [0.1, 0.15) is 6.42 Å². The number of amides is 2. The van der Waals surface area contributed by atoms with E-state index in [1.165, 1.54) is 0 Å². The molecule has 2 unspecified atom stereocenters. The van der Waals surface area contributed by atoms with Gasteiger partial charge in [-0.25, -0.2) is 0 Å². The first-order valence-corrected chi connectivity index (χ1v) is 8.48. The van der Waals surface area contributed by atoms with Crippen LogP contribution in [0.3, 0.4) is 0 Å². The number of methoxy groups -OCH3 is 1. The molecule has 1 aliphatic rings. The Kier molecular flexibility index (Phi) is 7.06. The monoisotopic (exact) mass is 349 g/mol. The zero-order valence-corrected chi connectivity index (χ0v) is 15.1. The van der Waals surface area contributed by atoms with E-state index in [0.717, 1.165) is 18.0 Å². The molecule has 1 fully saturated rings. The molecule has 0 bridgehead atoms. The summed E-state index contributed by atoms with van der Waals surface area (Å²) in [7, 11) is 5.51. The zero-order valence-electron chi connectivity index (χ0n) is 15.1. The molecular formula is C18H27N3O4. The smallest absolute Gasteiger partial charge is 0.224 e. The minimum Gasteiger partial charge on any atom is -0.497 e. The number of hydrogen-bond acceptors (Lipinski definition) is 5. The van der Waals surface area contributed by atoms with Crippen LogP contribution in [0.4, 0.5) is 0 Å². The Morgan fingerprint density at radius 2 is 1.60 bits per heavy atom. The fourth-order valence-corrected chi connectivity index (χ4v) is 2.45. The van der Waals surface area contributed by atoms with Crippen LogP contribution in [-0.4, -0.2) is 64.2 Å². The number of hydrogen-bond donors (Lipinski definition) is 2. The molecular weight excluding hydrogens is 322 g/mol. The summed E-state index contributed by atoms with van der Waals surface area (Å²) in [5.74, 6) is 0.983. The number of nitrogens with zero attached hydrogens (tertiary/aromatic N) is 1. The van der Waals surface area contributed by atoms with Crippen molar-refractivity contribution in [2.75, 3.05) is 47.4 Å². The Hall–Kier alpha value is -2.28. The summed E-state index contributed by atoms with van der Waals surface area (Å²) in [4.78, 5) is 26.0. The lowest BCUT2D eigenvalue weighted by Crippen LogP contribution is -2.34. The molecule has 1 saturated carbocycles. The summed E-state index contributed by atoms with van der Waals surface area (Å²) >= 11 is 0. The Balaban J connectivity index is 1.59. The number of carbonyl (C=O) groups is 2. The summed E-state index contributed by atoms with van der Waals surface area (Å²) in [6.07, 6.45) is 0.624. The molecule has 1 aromatic carbocycles. The Morgan fingerprint density at radius 1 is 1.04 bits per heavy atom. The van der Waals surface area contributed by atoms with Gasteiger partial charge in [-0.3, -0.25) is 9.59 Å². The van der Waals surface area contributed by atoms with Crippen molar-refractivity contribution in [2.24, 2.45) is 11.8 Å². The first kappa shape index (κ1) is 19.1. The van der Waals surface area contributed by atoms with Crippen LogP contribution < -0.4 is 20.1 Å². The van der Waals surface area contributed by atoms with Crippen LogP contribution >= 0.6 is 0 Å². The van der Waals surface area contributed by atoms with E-state index in [-0.39, 0.29) is 23.7 Å². The van der Waals surface area contributed by atoms with Gasteiger partial charge in [-0.2, -0.15) is 0 Å². The normalized spacial score (nSPS) is 18.6. The average molecular weight is 349 g/mol. The summed E-state index contributed by atoms with van der Waals surface area (Å²) in [5.41, 5.74) is 0. The van der Waals surface area contributed by atoms with Crippen molar-refractivity contribution in [1.29, 1.82) is 0 Å². The second-order valence-electron chi connectivity index (χ2n) is 6.36. The van der Waals surface area contributed by atoms with Crippen molar-refractivity contribution in [3.8, 4) is 11.5 Å². The van der Waals surface area contributed by atoms with Gasteiger partial charge >= 0.3 is 0 Å². The van der Waals surface area contributed by atoms with Gasteiger partial charge in [-0.15, -0.1) is 0 Å². The molecule has 0 spiro atoms. The van der Waals surface area contributed by atoms with Gasteiger partial charge in [0.1, 0.15) is 18.1 Å². The minimum absolute atomic E-state index is 0.0310. The third-order valence-corrected chi connectivity index (χ3v) is 4.05. The van der Waals surface area contributed by atoms with Crippen LogP contribution in [0.25, 0.3) is 0 Å². The van der Waals surface area contributed by atoms with Crippen molar-refractivity contribution < 1.29 is 19.1 Å². The van der Waals surface area contributed by atoms with E-state index in [1.54, 1.807) is 7.11 Å². The number of ether oxygens (including phenoxy) is 2. The highest BCUT2D eigenvalue weighted by Crippen LogP contribution is 2.38. The number of carbonyl (C=O) groups excluding carboxylic acids is 2. The van der Waals surface area contributed by atoms with E-state index in [4.69, 9.17) is 9.47 Å². The summed E-state index contributed by atoms with van der Waals surface area (Å²) in [6, 6.07) is 7.26. The van der Waals surface area contributed by atoms with Crippen LogP contribution in [0, 0.1) is 11.8 Å². The van der Waals surface area contributed by atoms with Crippen molar-refractivity contribution in [2.45, 2.75) is 6.42 Å². The maximum atomic E-state index is 12.0. The summed E-state index contributed by atoms with van der Waals surface area (Å²) in [5, 5.41) is 5.68. The fraction of sp³-hybridized carbons (Fsp3) is 0.556. The van der Waals surface area contributed by atoms with Crippen LogP contribution in [0.5, 0.6) is 11.5 Å². The maximum absolute atomic E-state index is 12.0. The Bertz CT molecular complexity index is 574. The molecule has 138 valence electrons. The van der Waals surface area contributed by atoms with Crippen molar-refractivity contribution >= 4 is 11.8 Å². The molecule has 7 nitrogen and oxygen atoms in total. The predicted octanol–water partition coefficient (Wildman–Crippen LogP) is 0.504. The van der Waals surface area contributed by atoms with Gasteiger partial charge in [0.15, 0.2) is 0 Å². The molecule has 7 heteroatoms. The highest BCUT2D eigenvalue weighted by atomic mass is 16.5. The molecule has 0 radical (unpaired) electrons. The van der Waals surface area contributed by atoms with Gasteiger partial charge in [-0.05, 0) is 44.8 Å². The molecule has 0 aromatic heterocycles. The van der Waals surface area contributed by atoms with Crippen molar-refractivity contribution in [3.63, 3.8) is 0 Å². The Labute approximate surface area is 148 Å². The molecule has 2 amide bonds. The molecule has 2 rings (SSSR count). The Morgan fingerprint density at radius 3 is 2.16 bits per heavy atom. The first-order chi connectivity index (χ1) is 12.0. The molecule has 1 aromatic rings. The molecule has 2 atom stereocenters. The lowest BCUT2D eigenvalue weighted by Gasteiger charge is -2.10. The van der Waals surface area contributed by atoms with E-state index in [9.17, 15) is 9.59 Å². The maximum Gasteiger partial charge on any atom is 0.224 e. The van der Waals surface area contributed by atoms with E-state index in [0.29, 0.717) is 26.1 Å².